The van der Waals surface area contributed by atoms with Crippen molar-refractivity contribution in [2.24, 2.45) is 23.7 Å². The molecular weight excluding hydrogens is 403 g/mol. The standard InChI is InChI=1S/C24H32F3N3O/c1-15-3-5-30(19-2-4-28-21(10-19)24(25,26)27)20(6-15)11-22(31)29-23-12-16-7-17(13-23)9-18(8-16)14-23/h2,4,10,15-18,20H,3,5-9,11-14H2,1H3,(H,29,31)/t15?,16-,17-,18-,20?,23?. The quantitative estimate of drug-likeness (QED) is 0.709. The van der Waals surface area contributed by atoms with E-state index in [2.05, 4.69) is 17.2 Å². The number of piperidine rings is 1. The number of carbonyl (C=O) groups excluding carboxylic acids is 1. The van der Waals surface area contributed by atoms with Gasteiger partial charge in [0.05, 0.1) is 0 Å². The van der Waals surface area contributed by atoms with Crippen LogP contribution in [0.15, 0.2) is 18.3 Å². The maximum absolute atomic E-state index is 13.2. The smallest absolute Gasteiger partial charge is 0.368 e. The van der Waals surface area contributed by atoms with Gasteiger partial charge in [-0.2, -0.15) is 13.2 Å². The Hall–Kier alpha value is -1.79. The summed E-state index contributed by atoms with van der Waals surface area (Å²) in [4.78, 5) is 18.7. The van der Waals surface area contributed by atoms with Crippen LogP contribution in [0.1, 0.15) is 70.4 Å². The van der Waals surface area contributed by atoms with Crippen molar-refractivity contribution in [1.29, 1.82) is 0 Å². The molecule has 1 N–H and O–H groups in total. The SMILES string of the molecule is CC1CCN(c2ccnc(C(F)(F)F)c2)C(CC(=O)NC23C[C@H]4C[C@H](C2)C[C@@H](C3)C4)C1. The molecule has 1 aliphatic heterocycles. The van der Waals surface area contributed by atoms with Crippen molar-refractivity contribution in [3.8, 4) is 0 Å². The number of nitrogens with one attached hydrogen (secondary N) is 1. The van der Waals surface area contributed by atoms with Crippen LogP contribution in [0.4, 0.5) is 18.9 Å². The minimum atomic E-state index is -4.47. The molecular formula is C24H32F3N3O. The third-order valence-electron chi connectivity index (χ3n) is 8.21. The van der Waals surface area contributed by atoms with E-state index in [1.165, 1.54) is 25.5 Å². The number of hydrogen-bond donors (Lipinski definition) is 1. The maximum atomic E-state index is 13.2. The molecule has 0 aromatic carbocycles. The maximum Gasteiger partial charge on any atom is 0.433 e. The summed E-state index contributed by atoms with van der Waals surface area (Å²) in [5, 5.41) is 3.44. The van der Waals surface area contributed by atoms with Crippen LogP contribution in [-0.2, 0) is 11.0 Å². The molecule has 5 aliphatic rings. The van der Waals surface area contributed by atoms with Crippen LogP contribution in [0, 0.1) is 23.7 Å². The van der Waals surface area contributed by atoms with Gasteiger partial charge in [-0.15, -0.1) is 0 Å². The lowest BCUT2D eigenvalue weighted by molar-refractivity contribution is -0.141. The highest BCUT2D eigenvalue weighted by molar-refractivity contribution is 5.78. The number of carbonyl (C=O) groups is 1. The zero-order chi connectivity index (χ0) is 21.8. The molecule has 0 spiro atoms. The van der Waals surface area contributed by atoms with E-state index in [1.807, 2.05) is 4.90 Å². The molecule has 6 rings (SSSR count). The summed E-state index contributed by atoms with van der Waals surface area (Å²) in [5.41, 5.74) is -0.390. The van der Waals surface area contributed by atoms with E-state index in [0.29, 0.717) is 24.6 Å². The first-order chi connectivity index (χ1) is 14.7. The summed E-state index contributed by atoms with van der Waals surface area (Å²) in [6, 6.07) is 2.68. The predicted octanol–water partition coefficient (Wildman–Crippen LogP) is 5.18. The molecule has 4 nitrogen and oxygen atoms in total. The minimum Gasteiger partial charge on any atom is -0.368 e. The lowest BCUT2D eigenvalue weighted by Gasteiger charge is -2.57. The molecule has 2 atom stereocenters. The number of halogens is 3. The monoisotopic (exact) mass is 435 g/mol. The van der Waals surface area contributed by atoms with E-state index in [-0.39, 0.29) is 17.5 Å². The van der Waals surface area contributed by atoms with Gasteiger partial charge in [-0.05, 0) is 87.2 Å². The van der Waals surface area contributed by atoms with E-state index in [1.54, 1.807) is 6.07 Å². The number of pyridine rings is 1. The number of alkyl halides is 3. The molecule has 1 saturated heterocycles. The highest BCUT2D eigenvalue weighted by Gasteiger charge is 2.51. The first kappa shape index (κ1) is 21.1. The predicted molar refractivity (Wildman–Crippen MR) is 112 cm³/mol. The Morgan fingerprint density at radius 1 is 1.16 bits per heavy atom. The van der Waals surface area contributed by atoms with Crippen molar-refractivity contribution < 1.29 is 18.0 Å². The molecule has 4 saturated carbocycles. The molecule has 0 radical (unpaired) electrons. The zero-order valence-electron chi connectivity index (χ0n) is 18.1. The molecule has 1 aromatic rings. The number of hydrogen-bond acceptors (Lipinski definition) is 3. The Morgan fingerprint density at radius 3 is 2.42 bits per heavy atom. The third kappa shape index (κ3) is 4.29. The molecule has 4 bridgehead atoms. The highest BCUT2D eigenvalue weighted by atomic mass is 19.4. The fourth-order valence-electron chi connectivity index (χ4n) is 7.36. The number of nitrogens with zero attached hydrogens (tertiary/aromatic N) is 2. The molecule has 7 heteroatoms. The largest absolute Gasteiger partial charge is 0.433 e. The van der Waals surface area contributed by atoms with Crippen molar-refractivity contribution in [3.63, 3.8) is 0 Å². The Morgan fingerprint density at radius 2 is 1.81 bits per heavy atom. The summed E-state index contributed by atoms with van der Waals surface area (Å²) in [5.74, 6) is 2.80. The Bertz CT molecular complexity index is 804. The van der Waals surface area contributed by atoms with E-state index in [4.69, 9.17) is 0 Å². The summed E-state index contributed by atoms with van der Waals surface area (Å²) >= 11 is 0. The van der Waals surface area contributed by atoms with E-state index >= 15 is 0 Å². The highest BCUT2D eigenvalue weighted by Crippen LogP contribution is 2.55. The summed E-state index contributed by atoms with van der Waals surface area (Å²) in [6.07, 6.45) is 6.13. The molecule has 31 heavy (non-hydrogen) atoms. The topological polar surface area (TPSA) is 45.2 Å². The molecule has 1 amide bonds. The number of anilines is 1. The minimum absolute atomic E-state index is 0.0307. The molecule has 1 aromatic heterocycles. The number of rotatable bonds is 4. The lowest BCUT2D eigenvalue weighted by atomic mass is 9.53. The molecule has 4 aliphatic carbocycles. The van der Waals surface area contributed by atoms with Crippen molar-refractivity contribution >= 4 is 11.6 Å². The van der Waals surface area contributed by atoms with Gasteiger partial charge in [0.2, 0.25) is 5.91 Å². The van der Waals surface area contributed by atoms with Crippen LogP contribution < -0.4 is 10.2 Å². The molecule has 170 valence electrons. The van der Waals surface area contributed by atoms with Crippen molar-refractivity contribution in [1.82, 2.24) is 10.3 Å². The van der Waals surface area contributed by atoms with Gasteiger partial charge in [0, 0.05) is 36.4 Å². The molecule has 2 heterocycles. The van der Waals surface area contributed by atoms with Crippen LogP contribution in [0.25, 0.3) is 0 Å². The molecule has 5 fully saturated rings. The van der Waals surface area contributed by atoms with Crippen molar-refractivity contribution in [2.45, 2.75) is 82.5 Å². The summed E-state index contributed by atoms with van der Waals surface area (Å²) < 4.78 is 39.5. The Kier molecular flexibility index (Phi) is 5.21. The number of aromatic nitrogens is 1. The van der Waals surface area contributed by atoms with Crippen LogP contribution >= 0.6 is 0 Å². The van der Waals surface area contributed by atoms with Crippen LogP contribution in [0.2, 0.25) is 0 Å². The fraction of sp³-hybridized carbons (Fsp3) is 0.750. The number of amides is 1. The second-order valence-electron chi connectivity index (χ2n) is 10.8. The van der Waals surface area contributed by atoms with Crippen LogP contribution in [-0.4, -0.2) is 29.0 Å². The van der Waals surface area contributed by atoms with Gasteiger partial charge in [-0.3, -0.25) is 9.78 Å². The Balaban J connectivity index is 1.30. The Labute approximate surface area is 182 Å². The fourth-order valence-corrected chi connectivity index (χ4v) is 7.36. The van der Waals surface area contributed by atoms with Crippen LogP contribution in [0.3, 0.4) is 0 Å². The molecule has 2 unspecified atom stereocenters. The average molecular weight is 436 g/mol. The normalized spacial score (nSPS) is 37.2. The summed E-state index contributed by atoms with van der Waals surface area (Å²) in [6.45, 7) is 2.83. The second-order valence-corrected chi connectivity index (χ2v) is 10.8. The summed E-state index contributed by atoms with van der Waals surface area (Å²) in [7, 11) is 0. The van der Waals surface area contributed by atoms with Gasteiger partial charge in [0.25, 0.3) is 0 Å². The van der Waals surface area contributed by atoms with E-state index in [9.17, 15) is 18.0 Å². The van der Waals surface area contributed by atoms with Gasteiger partial charge in [-0.25, -0.2) is 0 Å². The first-order valence-corrected chi connectivity index (χ1v) is 11.8. The second kappa shape index (κ2) is 7.66. The van der Waals surface area contributed by atoms with E-state index in [0.717, 1.165) is 55.9 Å². The van der Waals surface area contributed by atoms with Crippen LogP contribution in [0.5, 0.6) is 0 Å². The van der Waals surface area contributed by atoms with Gasteiger partial charge in [-0.1, -0.05) is 6.92 Å². The zero-order valence-corrected chi connectivity index (χ0v) is 18.1. The van der Waals surface area contributed by atoms with Gasteiger partial charge >= 0.3 is 6.18 Å². The van der Waals surface area contributed by atoms with E-state index < -0.39 is 11.9 Å². The first-order valence-electron chi connectivity index (χ1n) is 11.8. The van der Waals surface area contributed by atoms with Gasteiger partial charge in [0.15, 0.2) is 0 Å². The lowest BCUT2D eigenvalue weighted by Crippen LogP contribution is -2.60. The van der Waals surface area contributed by atoms with Gasteiger partial charge in [0.1, 0.15) is 5.69 Å². The average Bonchev–Trinajstić information content (AvgIpc) is 2.66. The van der Waals surface area contributed by atoms with Crippen molar-refractivity contribution in [2.75, 3.05) is 11.4 Å². The third-order valence-corrected chi connectivity index (χ3v) is 8.21. The van der Waals surface area contributed by atoms with Crippen molar-refractivity contribution in [3.05, 3.63) is 24.0 Å². The van der Waals surface area contributed by atoms with Gasteiger partial charge < -0.3 is 10.2 Å².